The van der Waals surface area contributed by atoms with Crippen molar-refractivity contribution in [3.8, 4) is 0 Å². The molecule has 0 fully saturated rings. The molecular weight excluding hydrogens is 216 g/mol. The van der Waals surface area contributed by atoms with Gasteiger partial charge in [0.15, 0.2) is 0 Å². The Balaban J connectivity index is 1.94. The van der Waals surface area contributed by atoms with Crippen molar-refractivity contribution in [3.63, 3.8) is 0 Å². The van der Waals surface area contributed by atoms with E-state index in [0.29, 0.717) is 6.54 Å². The van der Waals surface area contributed by atoms with Crippen molar-refractivity contribution in [1.29, 1.82) is 0 Å². The van der Waals surface area contributed by atoms with Crippen LogP contribution in [0.5, 0.6) is 0 Å². The van der Waals surface area contributed by atoms with Crippen LogP contribution in [0.15, 0.2) is 22.9 Å². The van der Waals surface area contributed by atoms with Crippen molar-refractivity contribution in [3.05, 3.63) is 35.8 Å². The molecule has 0 saturated heterocycles. The van der Waals surface area contributed by atoms with Crippen LogP contribution in [0.3, 0.4) is 0 Å². The highest BCUT2D eigenvalue weighted by molar-refractivity contribution is 5.09. The standard InChI is InChI=1S/C12H18N4O/c1-4-16-12(14-8-15-16)7-13-10(3)11-6-5-9(2)17-11/h5-6,8,10,13H,4,7H2,1-3H3. The van der Waals surface area contributed by atoms with Crippen molar-refractivity contribution in [2.24, 2.45) is 0 Å². The summed E-state index contributed by atoms with van der Waals surface area (Å²) < 4.78 is 7.45. The zero-order chi connectivity index (χ0) is 12.3. The topological polar surface area (TPSA) is 55.9 Å². The summed E-state index contributed by atoms with van der Waals surface area (Å²) >= 11 is 0. The molecule has 0 aliphatic rings. The average Bonchev–Trinajstić information content (AvgIpc) is 2.94. The molecule has 0 bridgehead atoms. The molecule has 0 spiro atoms. The molecule has 0 aromatic carbocycles. The summed E-state index contributed by atoms with van der Waals surface area (Å²) in [5.41, 5.74) is 0. The maximum absolute atomic E-state index is 5.57. The van der Waals surface area contributed by atoms with Crippen LogP contribution in [-0.4, -0.2) is 14.8 Å². The Kier molecular flexibility index (Phi) is 3.58. The molecule has 1 N–H and O–H groups in total. The second-order valence-electron chi connectivity index (χ2n) is 4.04. The lowest BCUT2D eigenvalue weighted by molar-refractivity contribution is 0.409. The Morgan fingerprint density at radius 3 is 2.94 bits per heavy atom. The second-order valence-corrected chi connectivity index (χ2v) is 4.04. The van der Waals surface area contributed by atoms with Crippen LogP contribution < -0.4 is 5.32 Å². The smallest absolute Gasteiger partial charge is 0.140 e. The first-order chi connectivity index (χ1) is 8.20. The van der Waals surface area contributed by atoms with Gasteiger partial charge in [-0.3, -0.25) is 0 Å². The highest BCUT2D eigenvalue weighted by atomic mass is 16.3. The number of hydrogen-bond acceptors (Lipinski definition) is 4. The van der Waals surface area contributed by atoms with Gasteiger partial charge in [-0.1, -0.05) is 0 Å². The Hall–Kier alpha value is -1.62. The first kappa shape index (κ1) is 11.9. The number of aryl methyl sites for hydroxylation is 2. The summed E-state index contributed by atoms with van der Waals surface area (Å²) in [6.07, 6.45) is 1.59. The van der Waals surface area contributed by atoms with E-state index in [1.165, 1.54) is 0 Å². The van der Waals surface area contributed by atoms with E-state index in [9.17, 15) is 0 Å². The van der Waals surface area contributed by atoms with E-state index in [-0.39, 0.29) is 6.04 Å². The molecule has 5 heteroatoms. The van der Waals surface area contributed by atoms with Gasteiger partial charge in [-0.15, -0.1) is 0 Å². The molecule has 92 valence electrons. The molecule has 2 heterocycles. The third kappa shape index (κ3) is 2.74. The molecule has 1 unspecified atom stereocenters. The number of furan rings is 1. The van der Waals surface area contributed by atoms with Crippen LogP contribution in [0.4, 0.5) is 0 Å². The summed E-state index contributed by atoms with van der Waals surface area (Å²) in [6.45, 7) is 7.60. The van der Waals surface area contributed by atoms with Gasteiger partial charge in [0.2, 0.25) is 0 Å². The lowest BCUT2D eigenvalue weighted by atomic mass is 10.2. The molecule has 0 aliphatic carbocycles. The first-order valence-electron chi connectivity index (χ1n) is 5.87. The van der Waals surface area contributed by atoms with Crippen LogP contribution in [0.1, 0.15) is 37.2 Å². The highest BCUT2D eigenvalue weighted by Gasteiger charge is 2.10. The first-order valence-corrected chi connectivity index (χ1v) is 5.87. The Bertz CT molecular complexity index is 474. The van der Waals surface area contributed by atoms with Gasteiger partial charge in [0.05, 0.1) is 12.6 Å². The van der Waals surface area contributed by atoms with Gasteiger partial charge in [-0.2, -0.15) is 5.10 Å². The number of nitrogens with one attached hydrogen (secondary N) is 1. The number of nitrogens with zero attached hydrogens (tertiary/aromatic N) is 3. The van der Waals surface area contributed by atoms with Crippen LogP contribution in [0.25, 0.3) is 0 Å². The largest absolute Gasteiger partial charge is 0.465 e. The number of hydrogen-bond donors (Lipinski definition) is 1. The van der Waals surface area contributed by atoms with E-state index in [2.05, 4.69) is 29.2 Å². The molecule has 2 rings (SSSR count). The minimum Gasteiger partial charge on any atom is -0.465 e. The van der Waals surface area contributed by atoms with Crippen LogP contribution >= 0.6 is 0 Å². The van der Waals surface area contributed by atoms with E-state index in [1.54, 1.807) is 6.33 Å². The third-order valence-electron chi connectivity index (χ3n) is 2.75. The lowest BCUT2D eigenvalue weighted by Crippen LogP contribution is -2.20. The van der Waals surface area contributed by atoms with Crippen molar-refractivity contribution in [2.75, 3.05) is 0 Å². The molecule has 0 aliphatic heterocycles. The van der Waals surface area contributed by atoms with Crippen LogP contribution in [-0.2, 0) is 13.1 Å². The summed E-state index contributed by atoms with van der Waals surface area (Å²) in [5.74, 6) is 2.83. The van der Waals surface area contributed by atoms with Crippen molar-refractivity contribution >= 4 is 0 Å². The summed E-state index contributed by atoms with van der Waals surface area (Å²) in [5, 5.41) is 7.50. The fraction of sp³-hybridized carbons (Fsp3) is 0.500. The van der Waals surface area contributed by atoms with E-state index >= 15 is 0 Å². The minimum absolute atomic E-state index is 0.172. The monoisotopic (exact) mass is 234 g/mol. The van der Waals surface area contributed by atoms with Gasteiger partial charge in [0.25, 0.3) is 0 Å². The summed E-state index contributed by atoms with van der Waals surface area (Å²) in [6, 6.07) is 4.14. The van der Waals surface area contributed by atoms with Crippen molar-refractivity contribution in [2.45, 2.75) is 39.9 Å². The quantitative estimate of drug-likeness (QED) is 0.860. The molecule has 0 amide bonds. The maximum Gasteiger partial charge on any atom is 0.140 e. The van der Waals surface area contributed by atoms with Gasteiger partial charge >= 0.3 is 0 Å². The Morgan fingerprint density at radius 2 is 2.29 bits per heavy atom. The summed E-state index contributed by atoms with van der Waals surface area (Å²) in [7, 11) is 0. The van der Waals surface area contributed by atoms with Gasteiger partial charge < -0.3 is 9.73 Å². The molecule has 0 saturated carbocycles. The Labute approximate surface area is 101 Å². The second kappa shape index (κ2) is 5.14. The molecule has 0 radical (unpaired) electrons. The molecule has 2 aromatic heterocycles. The minimum atomic E-state index is 0.172. The van der Waals surface area contributed by atoms with E-state index < -0.39 is 0 Å². The zero-order valence-corrected chi connectivity index (χ0v) is 10.5. The van der Waals surface area contributed by atoms with Crippen molar-refractivity contribution in [1.82, 2.24) is 20.1 Å². The normalized spacial score (nSPS) is 12.9. The van der Waals surface area contributed by atoms with Gasteiger partial charge in [0.1, 0.15) is 23.7 Å². The van der Waals surface area contributed by atoms with Gasteiger partial charge in [0, 0.05) is 6.54 Å². The van der Waals surface area contributed by atoms with Gasteiger partial charge in [-0.25, -0.2) is 9.67 Å². The fourth-order valence-electron chi connectivity index (χ4n) is 1.72. The molecule has 17 heavy (non-hydrogen) atoms. The third-order valence-corrected chi connectivity index (χ3v) is 2.75. The van der Waals surface area contributed by atoms with Crippen molar-refractivity contribution < 1.29 is 4.42 Å². The fourth-order valence-corrected chi connectivity index (χ4v) is 1.72. The van der Waals surface area contributed by atoms with E-state index in [1.807, 2.05) is 23.7 Å². The van der Waals surface area contributed by atoms with E-state index in [0.717, 1.165) is 23.9 Å². The predicted octanol–water partition coefficient (Wildman–Crippen LogP) is 2.05. The number of aromatic nitrogens is 3. The molecular formula is C12H18N4O. The highest BCUT2D eigenvalue weighted by Crippen LogP contribution is 2.15. The van der Waals surface area contributed by atoms with E-state index in [4.69, 9.17) is 4.42 Å². The number of rotatable bonds is 5. The average molecular weight is 234 g/mol. The Morgan fingerprint density at radius 1 is 1.47 bits per heavy atom. The van der Waals surface area contributed by atoms with Crippen LogP contribution in [0.2, 0.25) is 0 Å². The summed E-state index contributed by atoms with van der Waals surface area (Å²) in [4.78, 5) is 4.22. The predicted molar refractivity (Wildman–Crippen MR) is 64.4 cm³/mol. The van der Waals surface area contributed by atoms with Gasteiger partial charge in [-0.05, 0) is 32.9 Å². The zero-order valence-electron chi connectivity index (χ0n) is 10.5. The maximum atomic E-state index is 5.57. The molecule has 1 atom stereocenters. The lowest BCUT2D eigenvalue weighted by Gasteiger charge is -2.11. The SMILES string of the molecule is CCn1ncnc1CNC(C)c1ccc(C)o1. The van der Waals surface area contributed by atoms with Crippen LogP contribution in [0, 0.1) is 6.92 Å². The molecule has 5 nitrogen and oxygen atoms in total. The molecule has 2 aromatic rings.